The molecule has 0 aromatic rings. The van der Waals surface area contributed by atoms with Crippen molar-refractivity contribution in [3.63, 3.8) is 0 Å². The van der Waals surface area contributed by atoms with Gasteiger partial charge in [-0.15, -0.1) is 0 Å². The lowest BCUT2D eigenvalue weighted by Gasteiger charge is -2.43. The number of hydrogen-bond acceptors (Lipinski definition) is 16. The molecule has 3 fully saturated rings. The summed E-state index contributed by atoms with van der Waals surface area (Å²) >= 11 is 0. The Morgan fingerprint density at radius 1 is 0.441 bits per heavy atom. The van der Waals surface area contributed by atoms with Gasteiger partial charge in [-0.25, -0.2) is 0 Å². The van der Waals surface area contributed by atoms with E-state index in [0.717, 1.165) is 0 Å². The minimum Gasteiger partial charge on any atom is -0.394 e. The van der Waals surface area contributed by atoms with Crippen LogP contribution in [0.15, 0.2) is 0 Å². The number of hydrogen-bond donors (Lipinski definition) is 11. The molecule has 3 rings (SSSR count). The zero-order valence-corrected chi connectivity index (χ0v) is 17.7. The van der Waals surface area contributed by atoms with Gasteiger partial charge >= 0.3 is 0 Å². The lowest BCUT2D eigenvalue weighted by atomic mass is 9.98. The highest BCUT2D eigenvalue weighted by Gasteiger charge is 2.48. The van der Waals surface area contributed by atoms with Gasteiger partial charge in [0.25, 0.3) is 0 Å². The molecule has 0 radical (unpaired) electrons. The van der Waals surface area contributed by atoms with Crippen molar-refractivity contribution in [2.75, 3.05) is 19.8 Å². The zero-order valence-electron chi connectivity index (χ0n) is 17.7. The summed E-state index contributed by atoms with van der Waals surface area (Å²) in [6, 6.07) is 0. The highest BCUT2D eigenvalue weighted by Crippen LogP contribution is 2.27. The third-order valence-electron chi connectivity index (χ3n) is 6.05. The Labute approximate surface area is 192 Å². The Bertz CT molecular complexity index is 639. The fourth-order valence-electron chi connectivity index (χ4n) is 3.84. The summed E-state index contributed by atoms with van der Waals surface area (Å²) in [5.74, 6) is 0. The molecule has 0 bridgehead atoms. The van der Waals surface area contributed by atoms with Gasteiger partial charge in [0.2, 0.25) is 0 Å². The first kappa shape index (κ1) is 27.9. The van der Waals surface area contributed by atoms with Crippen LogP contribution in [0.3, 0.4) is 0 Å². The van der Waals surface area contributed by atoms with E-state index in [-0.39, 0.29) is 0 Å². The van der Waals surface area contributed by atoms with Gasteiger partial charge in [-0.2, -0.15) is 0 Å². The molecule has 0 unspecified atom stereocenters. The van der Waals surface area contributed by atoms with E-state index in [1.165, 1.54) is 0 Å². The SMILES string of the molecule is OC[C@@H]1O[C@H](OC[C@H]2O[C@@H](OC[C@H]3O[C@@H](O)[C@H](O)[C@@H](O)[C@@H]3O)[C@H](O)[C@@H](O)[C@@H]2O)[C@@H](O)[C@H](O)[C@H]1O. The van der Waals surface area contributed by atoms with Crippen molar-refractivity contribution >= 4 is 0 Å². The lowest BCUT2D eigenvalue weighted by molar-refractivity contribution is -0.340. The highest BCUT2D eigenvalue weighted by molar-refractivity contribution is 4.92. The van der Waals surface area contributed by atoms with Crippen LogP contribution < -0.4 is 0 Å². The average molecular weight is 504 g/mol. The summed E-state index contributed by atoms with van der Waals surface area (Å²) < 4.78 is 26.1. The van der Waals surface area contributed by atoms with Crippen molar-refractivity contribution in [3.8, 4) is 0 Å². The molecule has 11 N–H and O–H groups in total. The molecule has 0 saturated carbocycles. The third-order valence-corrected chi connectivity index (χ3v) is 6.05. The number of aliphatic hydroxyl groups excluding tert-OH is 11. The van der Waals surface area contributed by atoms with Gasteiger partial charge in [-0.3, -0.25) is 0 Å². The first-order valence-corrected chi connectivity index (χ1v) is 10.6. The van der Waals surface area contributed by atoms with Crippen LogP contribution in [0.5, 0.6) is 0 Å². The highest BCUT2D eigenvalue weighted by atomic mass is 16.7. The molecule has 0 spiro atoms. The number of rotatable bonds is 7. The summed E-state index contributed by atoms with van der Waals surface area (Å²) in [6.07, 6.45) is -24.4. The van der Waals surface area contributed by atoms with Crippen LogP contribution in [0, 0.1) is 0 Å². The molecule has 0 amide bonds. The quantitative estimate of drug-likeness (QED) is 0.154. The molecule has 3 saturated heterocycles. The summed E-state index contributed by atoms with van der Waals surface area (Å²) in [5.41, 5.74) is 0. The second-order valence-electron chi connectivity index (χ2n) is 8.42. The molecule has 3 heterocycles. The molecular weight excluding hydrogens is 472 g/mol. The van der Waals surface area contributed by atoms with Crippen LogP contribution in [0.25, 0.3) is 0 Å². The predicted octanol–water partition coefficient (Wildman–Crippen LogP) is -7.57. The van der Waals surface area contributed by atoms with Crippen LogP contribution in [0.1, 0.15) is 0 Å². The van der Waals surface area contributed by atoms with Crippen LogP contribution in [-0.4, -0.2) is 168 Å². The monoisotopic (exact) mass is 504 g/mol. The molecule has 3 aliphatic rings. The van der Waals surface area contributed by atoms with Crippen molar-refractivity contribution in [3.05, 3.63) is 0 Å². The minimum absolute atomic E-state index is 0.570. The molecule has 200 valence electrons. The van der Waals surface area contributed by atoms with Gasteiger partial charge in [0.15, 0.2) is 18.9 Å². The van der Waals surface area contributed by atoms with E-state index in [4.69, 9.17) is 23.7 Å². The van der Waals surface area contributed by atoms with Crippen molar-refractivity contribution in [2.24, 2.45) is 0 Å². The standard InChI is InChI=1S/C18H32O16/c19-1-4-7(20)11(24)14(27)17(33-4)31-3-6-9(22)12(25)15(28)18(34-6)30-2-5-8(21)10(23)13(26)16(29)32-5/h4-29H,1-3H2/t4-,5+,6+,7-,8+,9+,10-,11+,12-,13+,14-,15+,16+,17-,18+/m0/s1. The second kappa shape index (κ2) is 11.6. The second-order valence-corrected chi connectivity index (χ2v) is 8.42. The Morgan fingerprint density at radius 3 is 1.29 bits per heavy atom. The first-order chi connectivity index (χ1) is 16.0. The van der Waals surface area contributed by atoms with Crippen molar-refractivity contribution < 1.29 is 79.9 Å². The molecule has 3 aliphatic heterocycles. The van der Waals surface area contributed by atoms with Gasteiger partial charge in [0.05, 0.1) is 19.8 Å². The summed E-state index contributed by atoms with van der Waals surface area (Å²) in [7, 11) is 0. The Morgan fingerprint density at radius 2 is 0.824 bits per heavy atom. The van der Waals surface area contributed by atoms with E-state index >= 15 is 0 Å². The zero-order chi connectivity index (χ0) is 25.3. The van der Waals surface area contributed by atoms with E-state index < -0.39 is 112 Å². The van der Waals surface area contributed by atoms with Gasteiger partial charge in [0.1, 0.15) is 73.2 Å². The Hall–Kier alpha value is -0.640. The summed E-state index contributed by atoms with van der Waals surface area (Å²) in [4.78, 5) is 0. The molecule has 15 atom stereocenters. The summed E-state index contributed by atoms with van der Waals surface area (Å²) in [6.45, 7) is -1.84. The van der Waals surface area contributed by atoms with E-state index in [1.54, 1.807) is 0 Å². The van der Waals surface area contributed by atoms with E-state index in [1.807, 2.05) is 0 Å². The first-order valence-electron chi connectivity index (χ1n) is 10.6. The largest absolute Gasteiger partial charge is 0.394 e. The van der Waals surface area contributed by atoms with Crippen LogP contribution in [-0.2, 0) is 23.7 Å². The molecule has 0 aromatic carbocycles. The molecule has 0 aliphatic carbocycles. The topological polar surface area (TPSA) is 269 Å². The average Bonchev–Trinajstić information content (AvgIpc) is 2.82. The Balaban J connectivity index is 1.58. The fourth-order valence-corrected chi connectivity index (χ4v) is 3.84. The molecule has 34 heavy (non-hydrogen) atoms. The normalized spacial score (nSPS) is 52.5. The van der Waals surface area contributed by atoms with Crippen LogP contribution in [0.4, 0.5) is 0 Å². The maximum Gasteiger partial charge on any atom is 0.186 e. The molecular formula is C18H32O16. The Kier molecular flexibility index (Phi) is 9.54. The third kappa shape index (κ3) is 5.68. The van der Waals surface area contributed by atoms with E-state index in [9.17, 15) is 56.2 Å². The van der Waals surface area contributed by atoms with Crippen LogP contribution in [0.2, 0.25) is 0 Å². The smallest absolute Gasteiger partial charge is 0.186 e. The van der Waals surface area contributed by atoms with Crippen molar-refractivity contribution in [1.82, 2.24) is 0 Å². The van der Waals surface area contributed by atoms with E-state index in [2.05, 4.69) is 0 Å². The summed E-state index contributed by atoms with van der Waals surface area (Å²) in [5, 5.41) is 108. The fraction of sp³-hybridized carbons (Fsp3) is 1.00. The molecule has 16 nitrogen and oxygen atoms in total. The lowest BCUT2D eigenvalue weighted by Crippen LogP contribution is -2.62. The predicted molar refractivity (Wildman–Crippen MR) is 101 cm³/mol. The van der Waals surface area contributed by atoms with Gasteiger partial charge in [0, 0.05) is 0 Å². The number of aliphatic hydroxyl groups is 11. The minimum atomic E-state index is -1.82. The van der Waals surface area contributed by atoms with Crippen LogP contribution >= 0.6 is 0 Å². The van der Waals surface area contributed by atoms with Gasteiger partial charge < -0.3 is 79.9 Å². The maximum atomic E-state index is 10.2. The number of ether oxygens (including phenoxy) is 5. The van der Waals surface area contributed by atoms with Gasteiger partial charge in [-0.1, -0.05) is 0 Å². The van der Waals surface area contributed by atoms with Crippen molar-refractivity contribution in [1.29, 1.82) is 0 Å². The molecule has 16 heteroatoms. The molecule has 0 aromatic heterocycles. The van der Waals surface area contributed by atoms with E-state index in [0.29, 0.717) is 0 Å². The van der Waals surface area contributed by atoms with Gasteiger partial charge in [-0.05, 0) is 0 Å². The van der Waals surface area contributed by atoms with Crippen molar-refractivity contribution in [2.45, 2.75) is 92.1 Å². The maximum absolute atomic E-state index is 10.2.